The van der Waals surface area contributed by atoms with Crippen molar-refractivity contribution < 1.29 is 9.59 Å². The van der Waals surface area contributed by atoms with Gasteiger partial charge in [0.15, 0.2) is 0 Å². The Balaban J connectivity index is 2.56. The topological polar surface area (TPSA) is 75.4 Å². The fourth-order valence-corrected chi connectivity index (χ4v) is 2.64. The smallest absolute Gasteiger partial charge is 0.244 e. The monoisotopic (exact) mass is 269 g/mol. The van der Waals surface area contributed by atoms with E-state index in [4.69, 9.17) is 5.73 Å². The molecule has 1 rings (SSSR count). The number of nitrogens with one attached hydrogen (secondary N) is 1. The zero-order chi connectivity index (χ0) is 14.6. The van der Waals surface area contributed by atoms with Gasteiger partial charge in [-0.05, 0) is 32.6 Å². The Labute approximate surface area is 115 Å². The maximum absolute atomic E-state index is 12.2. The molecule has 0 saturated heterocycles. The molecule has 5 heteroatoms. The predicted octanol–water partition coefficient (Wildman–Crippen LogP) is 0.733. The quantitative estimate of drug-likeness (QED) is 0.790. The number of hydrogen-bond donors (Lipinski definition) is 2. The summed E-state index contributed by atoms with van der Waals surface area (Å²) in [5.41, 5.74) is 6.01. The Morgan fingerprint density at radius 1 is 1.42 bits per heavy atom. The van der Waals surface area contributed by atoms with Crippen LogP contribution in [-0.2, 0) is 9.59 Å². The summed E-state index contributed by atoms with van der Waals surface area (Å²) in [5, 5.41) is 2.83. The number of carbonyl (C=O) groups is 2. The van der Waals surface area contributed by atoms with E-state index in [0.717, 1.165) is 19.3 Å². The zero-order valence-corrected chi connectivity index (χ0v) is 12.5. The highest BCUT2D eigenvalue weighted by molar-refractivity contribution is 5.88. The van der Waals surface area contributed by atoms with Crippen LogP contribution in [0.5, 0.6) is 0 Å². The molecule has 0 bridgehead atoms. The van der Waals surface area contributed by atoms with Gasteiger partial charge >= 0.3 is 0 Å². The minimum absolute atomic E-state index is 0.0343. The molecule has 1 saturated carbocycles. The Bertz CT molecular complexity index is 333. The van der Waals surface area contributed by atoms with Crippen molar-refractivity contribution in [3.05, 3.63) is 0 Å². The van der Waals surface area contributed by atoms with Crippen LogP contribution in [0.2, 0.25) is 0 Å². The van der Waals surface area contributed by atoms with Gasteiger partial charge < -0.3 is 16.0 Å². The van der Waals surface area contributed by atoms with E-state index in [9.17, 15) is 9.59 Å². The van der Waals surface area contributed by atoms with Crippen molar-refractivity contribution in [2.75, 3.05) is 13.6 Å². The first-order valence-electron chi connectivity index (χ1n) is 7.19. The van der Waals surface area contributed by atoms with Crippen LogP contribution in [0.1, 0.15) is 40.0 Å². The molecule has 2 amide bonds. The fourth-order valence-electron chi connectivity index (χ4n) is 2.64. The van der Waals surface area contributed by atoms with Crippen LogP contribution in [0.15, 0.2) is 0 Å². The van der Waals surface area contributed by atoms with Crippen molar-refractivity contribution in [3.8, 4) is 0 Å². The van der Waals surface area contributed by atoms with Gasteiger partial charge in [-0.15, -0.1) is 0 Å². The largest absolute Gasteiger partial charge is 0.344 e. The van der Waals surface area contributed by atoms with E-state index in [1.54, 1.807) is 18.9 Å². The average molecular weight is 269 g/mol. The van der Waals surface area contributed by atoms with E-state index >= 15 is 0 Å². The summed E-state index contributed by atoms with van der Waals surface area (Å²) in [4.78, 5) is 25.8. The number of rotatable bonds is 4. The van der Waals surface area contributed by atoms with Gasteiger partial charge in [0.05, 0.1) is 0 Å². The van der Waals surface area contributed by atoms with Crippen LogP contribution < -0.4 is 11.1 Å². The summed E-state index contributed by atoms with van der Waals surface area (Å²) in [6.45, 7) is 6.32. The molecule has 19 heavy (non-hydrogen) atoms. The van der Waals surface area contributed by atoms with Gasteiger partial charge in [-0.1, -0.05) is 13.3 Å². The summed E-state index contributed by atoms with van der Waals surface area (Å²) < 4.78 is 0. The van der Waals surface area contributed by atoms with E-state index in [2.05, 4.69) is 5.32 Å². The maximum atomic E-state index is 12.2. The van der Waals surface area contributed by atoms with Crippen LogP contribution in [0.3, 0.4) is 0 Å². The third kappa shape index (κ3) is 3.93. The van der Waals surface area contributed by atoms with Gasteiger partial charge in [0.1, 0.15) is 6.04 Å². The van der Waals surface area contributed by atoms with Gasteiger partial charge in [0, 0.05) is 25.6 Å². The maximum Gasteiger partial charge on any atom is 0.244 e. The molecule has 1 fully saturated rings. The molecule has 0 radical (unpaired) electrons. The Hall–Kier alpha value is -1.10. The second kappa shape index (κ2) is 6.89. The van der Waals surface area contributed by atoms with Crippen molar-refractivity contribution in [1.82, 2.24) is 10.2 Å². The number of hydrogen-bond acceptors (Lipinski definition) is 3. The first kappa shape index (κ1) is 16.0. The number of amides is 2. The molecule has 110 valence electrons. The van der Waals surface area contributed by atoms with E-state index < -0.39 is 6.04 Å². The van der Waals surface area contributed by atoms with Gasteiger partial charge in [-0.25, -0.2) is 0 Å². The highest BCUT2D eigenvalue weighted by Gasteiger charge is 2.33. The summed E-state index contributed by atoms with van der Waals surface area (Å²) in [6.07, 6.45) is 2.84. The first-order chi connectivity index (χ1) is 8.88. The minimum Gasteiger partial charge on any atom is -0.344 e. The molecular formula is C14H27N3O2. The second-order valence-electron chi connectivity index (χ2n) is 5.64. The standard InChI is InChI=1S/C14H27N3O2/c1-5-17(4)14(19)10(3)16-13(18)11-7-6-8-12(15)9(11)2/h9-12H,5-8,15H2,1-4H3,(H,16,18). The van der Waals surface area contributed by atoms with Crippen molar-refractivity contribution >= 4 is 11.8 Å². The second-order valence-corrected chi connectivity index (χ2v) is 5.64. The van der Waals surface area contributed by atoms with Crippen molar-refractivity contribution in [2.24, 2.45) is 17.6 Å². The molecule has 4 unspecified atom stereocenters. The van der Waals surface area contributed by atoms with Crippen LogP contribution in [0.4, 0.5) is 0 Å². The van der Waals surface area contributed by atoms with E-state index in [0.29, 0.717) is 6.54 Å². The molecule has 0 spiro atoms. The number of carbonyl (C=O) groups excluding carboxylic acids is 2. The number of nitrogens with zero attached hydrogens (tertiary/aromatic N) is 1. The molecule has 0 aromatic rings. The van der Waals surface area contributed by atoms with Gasteiger partial charge in [0.2, 0.25) is 11.8 Å². The van der Waals surface area contributed by atoms with Crippen LogP contribution in [0.25, 0.3) is 0 Å². The molecular weight excluding hydrogens is 242 g/mol. The lowest BCUT2D eigenvalue weighted by Crippen LogP contribution is -2.50. The summed E-state index contributed by atoms with van der Waals surface area (Å²) in [7, 11) is 1.74. The van der Waals surface area contributed by atoms with E-state index in [1.807, 2.05) is 13.8 Å². The molecule has 1 aliphatic carbocycles. The summed E-state index contributed by atoms with van der Waals surface area (Å²) in [5.74, 6) is 0.0301. The lowest BCUT2D eigenvalue weighted by molar-refractivity contribution is -0.137. The van der Waals surface area contributed by atoms with Gasteiger partial charge in [0.25, 0.3) is 0 Å². The minimum atomic E-state index is -0.470. The SMILES string of the molecule is CCN(C)C(=O)C(C)NC(=O)C1CCCC(N)C1C. The molecule has 5 nitrogen and oxygen atoms in total. The summed E-state index contributed by atoms with van der Waals surface area (Å²) >= 11 is 0. The molecule has 1 aliphatic rings. The molecule has 0 aromatic heterocycles. The van der Waals surface area contributed by atoms with Crippen LogP contribution in [-0.4, -0.2) is 42.4 Å². The van der Waals surface area contributed by atoms with Crippen molar-refractivity contribution in [3.63, 3.8) is 0 Å². The van der Waals surface area contributed by atoms with Crippen LogP contribution in [0, 0.1) is 11.8 Å². The van der Waals surface area contributed by atoms with Crippen molar-refractivity contribution in [2.45, 2.75) is 52.1 Å². The van der Waals surface area contributed by atoms with Crippen molar-refractivity contribution in [1.29, 1.82) is 0 Å². The molecule has 0 aromatic carbocycles. The number of likely N-dealkylation sites (N-methyl/N-ethyl adjacent to an activating group) is 1. The Morgan fingerprint density at radius 3 is 2.63 bits per heavy atom. The molecule has 4 atom stereocenters. The predicted molar refractivity (Wildman–Crippen MR) is 75.4 cm³/mol. The lowest BCUT2D eigenvalue weighted by Gasteiger charge is -2.33. The molecule has 3 N–H and O–H groups in total. The summed E-state index contributed by atoms with van der Waals surface area (Å²) in [6, 6.07) is -0.378. The first-order valence-corrected chi connectivity index (χ1v) is 7.19. The van der Waals surface area contributed by atoms with E-state index in [1.165, 1.54) is 0 Å². The number of nitrogens with two attached hydrogens (primary N) is 1. The highest BCUT2D eigenvalue weighted by atomic mass is 16.2. The average Bonchev–Trinajstić information content (AvgIpc) is 2.39. The van der Waals surface area contributed by atoms with Gasteiger partial charge in [-0.2, -0.15) is 0 Å². The Morgan fingerprint density at radius 2 is 2.05 bits per heavy atom. The zero-order valence-electron chi connectivity index (χ0n) is 12.5. The third-order valence-electron chi connectivity index (χ3n) is 4.28. The van der Waals surface area contributed by atoms with E-state index in [-0.39, 0.29) is 29.7 Å². The molecule has 0 heterocycles. The van der Waals surface area contributed by atoms with Gasteiger partial charge in [-0.3, -0.25) is 9.59 Å². The fraction of sp³-hybridized carbons (Fsp3) is 0.857. The third-order valence-corrected chi connectivity index (χ3v) is 4.28. The highest BCUT2D eigenvalue weighted by Crippen LogP contribution is 2.29. The molecule has 0 aliphatic heterocycles. The Kier molecular flexibility index (Phi) is 5.79. The normalized spacial score (nSPS) is 28.6. The lowest BCUT2D eigenvalue weighted by atomic mass is 9.77. The van der Waals surface area contributed by atoms with Crippen LogP contribution >= 0.6 is 0 Å².